The Hall–Kier alpha value is -0.790. The third-order valence-electron chi connectivity index (χ3n) is 2.02. The minimum atomic E-state index is -0.0337. The van der Waals surface area contributed by atoms with Crippen molar-refractivity contribution in [1.29, 1.82) is 0 Å². The Balaban J connectivity index is 2.86. The lowest BCUT2D eigenvalue weighted by atomic mass is 10.0. The molecule has 1 aromatic carbocycles. The highest BCUT2D eigenvalue weighted by Gasteiger charge is 2.13. The Morgan fingerprint density at radius 1 is 1.27 bits per heavy atom. The van der Waals surface area contributed by atoms with E-state index >= 15 is 0 Å². The summed E-state index contributed by atoms with van der Waals surface area (Å²) in [5, 5.41) is 0.823. The molecule has 0 aliphatic rings. The molecule has 0 amide bonds. The molecule has 0 atom stereocenters. The largest absolute Gasteiger partial charge is 0.294 e. The van der Waals surface area contributed by atoms with Crippen molar-refractivity contribution < 1.29 is 4.79 Å². The highest BCUT2D eigenvalue weighted by molar-refractivity contribution is 6.39. The number of carbonyl (C=O) groups excluding carboxylic acids is 1. The van der Waals surface area contributed by atoms with Gasteiger partial charge in [0.25, 0.3) is 0 Å². The van der Waals surface area contributed by atoms with Crippen molar-refractivity contribution in [3.63, 3.8) is 0 Å². The first-order valence-electron chi connectivity index (χ1n) is 4.64. The number of Topliss-reactive ketones (excluding diaryl/α,β-unsaturated/α-hetero) is 1. The zero-order valence-corrected chi connectivity index (χ0v) is 10.0. The number of hydrogen-bond donors (Lipinski definition) is 0. The van der Waals surface area contributed by atoms with Crippen LogP contribution in [-0.2, 0) is 0 Å². The van der Waals surface area contributed by atoms with Crippen molar-refractivity contribution in [3.05, 3.63) is 46.0 Å². The quantitative estimate of drug-likeness (QED) is 0.560. The fourth-order valence-corrected chi connectivity index (χ4v) is 1.82. The molecule has 0 N–H and O–H groups in total. The van der Waals surface area contributed by atoms with Crippen molar-refractivity contribution in [2.24, 2.45) is 0 Å². The van der Waals surface area contributed by atoms with Gasteiger partial charge in [0.1, 0.15) is 0 Å². The van der Waals surface area contributed by atoms with Gasteiger partial charge in [-0.25, -0.2) is 0 Å². The number of halogens is 2. The van der Waals surface area contributed by atoms with Gasteiger partial charge in [-0.15, -0.1) is 6.58 Å². The normalized spacial score (nSPS) is 10.1. The fourth-order valence-electron chi connectivity index (χ4n) is 1.22. The molecule has 1 aromatic rings. The minimum absolute atomic E-state index is 0.0337. The molecular weight excluding hydrogens is 231 g/mol. The van der Waals surface area contributed by atoms with E-state index in [0.717, 1.165) is 5.57 Å². The Kier molecular flexibility index (Phi) is 4.37. The Bertz CT molecular complexity index is 376. The maximum Gasteiger partial charge on any atom is 0.166 e. The van der Waals surface area contributed by atoms with Crippen LogP contribution in [0.4, 0.5) is 0 Å². The third kappa shape index (κ3) is 3.37. The van der Waals surface area contributed by atoms with Crippen LogP contribution in [0.5, 0.6) is 0 Å². The molecule has 80 valence electrons. The minimum Gasteiger partial charge on any atom is -0.294 e. The molecule has 0 aromatic heterocycles. The number of allylic oxidation sites excluding steroid dienone is 1. The molecule has 0 fully saturated rings. The average molecular weight is 243 g/mol. The topological polar surface area (TPSA) is 17.1 Å². The first kappa shape index (κ1) is 12.3. The molecule has 0 spiro atoms. The van der Waals surface area contributed by atoms with Crippen LogP contribution in [0.3, 0.4) is 0 Å². The summed E-state index contributed by atoms with van der Waals surface area (Å²) in [4.78, 5) is 11.8. The van der Waals surface area contributed by atoms with E-state index in [1.807, 2.05) is 6.92 Å². The number of carbonyl (C=O) groups is 1. The first-order chi connectivity index (χ1) is 7.02. The van der Waals surface area contributed by atoms with E-state index < -0.39 is 0 Å². The van der Waals surface area contributed by atoms with Gasteiger partial charge in [-0.2, -0.15) is 0 Å². The molecular formula is C12H12Cl2O. The van der Waals surface area contributed by atoms with Gasteiger partial charge in [0, 0.05) is 6.42 Å². The SMILES string of the molecule is C=C(C)CCC(=O)c1c(Cl)cccc1Cl. The second kappa shape index (κ2) is 5.34. The van der Waals surface area contributed by atoms with Gasteiger partial charge in [-0.1, -0.05) is 34.8 Å². The maximum absolute atomic E-state index is 11.8. The van der Waals surface area contributed by atoms with Gasteiger partial charge in [-0.05, 0) is 25.5 Å². The monoisotopic (exact) mass is 242 g/mol. The lowest BCUT2D eigenvalue weighted by Crippen LogP contribution is -2.01. The lowest BCUT2D eigenvalue weighted by molar-refractivity contribution is 0.0983. The average Bonchev–Trinajstić information content (AvgIpc) is 2.14. The van der Waals surface area contributed by atoms with Crippen LogP contribution in [0.1, 0.15) is 30.1 Å². The van der Waals surface area contributed by atoms with E-state index in [4.69, 9.17) is 23.2 Å². The van der Waals surface area contributed by atoms with E-state index in [-0.39, 0.29) is 5.78 Å². The molecule has 0 saturated heterocycles. The number of benzene rings is 1. The van der Waals surface area contributed by atoms with Gasteiger partial charge in [-0.3, -0.25) is 4.79 Å². The summed E-state index contributed by atoms with van der Waals surface area (Å²) < 4.78 is 0. The summed E-state index contributed by atoms with van der Waals surface area (Å²) in [5.41, 5.74) is 1.40. The van der Waals surface area contributed by atoms with Crippen LogP contribution in [0.2, 0.25) is 10.0 Å². The van der Waals surface area contributed by atoms with Crippen LogP contribution < -0.4 is 0 Å². The molecule has 0 unspecified atom stereocenters. The summed E-state index contributed by atoms with van der Waals surface area (Å²) in [5.74, 6) is -0.0337. The Morgan fingerprint density at radius 2 is 1.80 bits per heavy atom. The Labute approximate surface area is 99.7 Å². The molecule has 0 aliphatic carbocycles. The van der Waals surface area contributed by atoms with Crippen LogP contribution in [0.25, 0.3) is 0 Å². The number of rotatable bonds is 4. The van der Waals surface area contributed by atoms with E-state index in [1.165, 1.54) is 0 Å². The van der Waals surface area contributed by atoms with E-state index in [2.05, 4.69) is 6.58 Å². The molecule has 0 heterocycles. The van der Waals surface area contributed by atoms with Crippen molar-refractivity contribution >= 4 is 29.0 Å². The summed E-state index contributed by atoms with van der Waals surface area (Å²) in [7, 11) is 0. The standard InChI is InChI=1S/C12H12Cl2O/c1-8(2)6-7-11(15)12-9(13)4-3-5-10(12)14/h3-5H,1,6-7H2,2H3. The summed E-state index contributed by atoms with van der Waals surface area (Å²) in [6, 6.07) is 5.06. The molecule has 0 bridgehead atoms. The van der Waals surface area contributed by atoms with Crippen molar-refractivity contribution in [1.82, 2.24) is 0 Å². The molecule has 3 heteroatoms. The lowest BCUT2D eigenvalue weighted by Gasteiger charge is -2.05. The van der Waals surface area contributed by atoms with Crippen LogP contribution >= 0.6 is 23.2 Å². The summed E-state index contributed by atoms with van der Waals surface area (Å²) >= 11 is 11.8. The second-order valence-electron chi connectivity index (χ2n) is 3.48. The number of ketones is 1. The smallest absolute Gasteiger partial charge is 0.166 e. The summed E-state index contributed by atoms with van der Waals surface area (Å²) in [6.45, 7) is 5.64. The van der Waals surface area contributed by atoms with Gasteiger partial charge < -0.3 is 0 Å². The number of hydrogen-bond acceptors (Lipinski definition) is 1. The van der Waals surface area contributed by atoms with E-state index in [9.17, 15) is 4.79 Å². The van der Waals surface area contributed by atoms with Gasteiger partial charge in [0.05, 0.1) is 15.6 Å². The fraction of sp³-hybridized carbons (Fsp3) is 0.250. The van der Waals surface area contributed by atoms with Crippen LogP contribution in [-0.4, -0.2) is 5.78 Å². The molecule has 1 rings (SSSR count). The van der Waals surface area contributed by atoms with Gasteiger partial charge >= 0.3 is 0 Å². The predicted molar refractivity (Wildman–Crippen MR) is 64.8 cm³/mol. The zero-order valence-electron chi connectivity index (χ0n) is 8.52. The molecule has 0 aliphatic heterocycles. The maximum atomic E-state index is 11.8. The van der Waals surface area contributed by atoms with Gasteiger partial charge in [0.15, 0.2) is 5.78 Å². The van der Waals surface area contributed by atoms with Gasteiger partial charge in [0.2, 0.25) is 0 Å². The van der Waals surface area contributed by atoms with Crippen molar-refractivity contribution in [3.8, 4) is 0 Å². The van der Waals surface area contributed by atoms with Crippen molar-refractivity contribution in [2.75, 3.05) is 0 Å². The second-order valence-corrected chi connectivity index (χ2v) is 4.29. The highest BCUT2D eigenvalue weighted by atomic mass is 35.5. The highest BCUT2D eigenvalue weighted by Crippen LogP contribution is 2.26. The molecule has 0 saturated carbocycles. The zero-order chi connectivity index (χ0) is 11.4. The van der Waals surface area contributed by atoms with E-state index in [1.54, 1.807) is 18.2 Å². The van der Waals surface area contributed by atoms with Crippen LogP contribution in [0.15, 0.2) is 30.4 Å². The molecule has 1 nitrogen and oxygen atoms in total. The summed E-state index contributed by atoms with van der Waals surface area (Å²) in [6.07, 6.45) is 1.07. The van der Waals surface area contributed by atoms with Crippen LogP contribution in [0, 0.1) is 0 Å². The predicted octanol–water partition coefficient (Wildman–Crippen LogP) is 4.53. The van der Waals surface area contributed by atoms with E-state index in [0.29, 0.717) is 28.5 Å². The first-order valence-corrected chi connectivity index (χ1v) is 5.39. The Morgan fingerprint density at radius 3 is 2.27 bits per heavy atom. The third-order valence-corrected chi connectivity index (χ3v) is 2.65. The molecule has 15 heavy (non-hydrogen) atoms. The molecule has 0 radical (unpaired) electrons. The van der Waals surface area contributed by atoms with Crippen molar-refractivity contribution in [2.45, 2.75) is 19.8 Å².